The van der Waals surface area contributed by atoms with E-state index in [4.69, 9.17) is 9.47 Å². The van der Waals surface area contributed by atoms with Gasteiger partial charge in [-0.15, -0.1) is 0 Å². The number of fused-ring (bicyclic) bond motifs is 5. The number of carbonyl (C=O) groups excluding carboxylic acids is 1. The number of esters is 1. The van der Waals surface area contributed by atoms with Crippen LogP contribution in [0.4, 0.5) is 0 Å². The van der Waals surface area contributed by atoms with Crippen molar-refractivity contribution < 1.29 is 14.3 Å². The summed E-state index contributed by atoms with van der Waals surface area (Å²) in [4.78, 5) is 16.0. The molecule has 3 unspecified atom stereocenters. The predicted molar refractivity (Wildman–Crippen MR) is 117 cm³/mol. The largest absolute Gasteiger partial charge is 0.497 e. The first-order valence-electron chi connectivity index (χ1n) is 10.6. The molecular formula is C25H28N2O3. The number of methoxy groups -OCH3 is 1. The third kappa shape index (κ3) is 2.42. The van der Waals surface area contributed by atoms with Crippen LogP contribution in [-0.4, -0.2) is 42.7 Å². The van der Waals surface area contributed by atoms with Crippen LogP contribution >= 0.6 is 0 Å². The van der Waals surface area contributed by atoms with Gasteiger partial charge in [0.25, 0.3) is 0 Å². The molecule has 1 fully saturated rings. The molecule has 0 spiro atoms. The van der Waals surface area contributed by atoms with Crippen LogP contribution in [0.3, 0.4) is 0 Å². The monoisotopic (exact) mass is 404 g/mol. The average molecular weight is 405 g/mol. The summed E-state index contributed by atoms with van der Waals surface area (Å²) < 4.78 is 13.4. The van der Waals surface area contributed by atoms with Crippen LogP contribution in [0.2, 0.25) is 0 Å². The first-order valence-corrected chi connectivity index (χ1v) is 10.6. The van der Waals surface area contributed by atoms with Gasteiger partial charge in [-0.2, -0.15) is 0 Å². The van der Waals surface area contributed by atoms with Crippen molar-refractivity contribution in [2.75, 3.05) is 27.3 Å². The van der Waals surface area contributed by atoms with E-state index in [9.17, 15) is 4.79 Å². The first-order chi connectivity index (χ1) is 14.5. The fourth-order valence-electron chi connectivity index (χ4n) is 5.89. The van der Waals surface area contributed by atoms with Crippen molar-refractivity contribution in [2.45, 2.75) is 32.4 Å². The molecule has 0 radical (unpaired) electrons. The molecule has 2 aliphatic rings. The number of likely N-dealkylation sites (N-methyl/N-ethyl adjacent to an activating group) is 1. The number of aromatic nitrogens is 1. The van der Waals surface area contributed by atoms with Gasteiger partial charge in [0.15, 0.2) is 0 Å². The standard InChI is InChI=1S/C25H28N2O3/c1-5-30-24(28)25-15-27-21-9-7-6-8-19(21)16(2)22(27)23(25)26(3)14-20(25)17-10-12-18(29-4)13-11-17/h6-13,20,23H,5,14-15H2,1-4H3. The molecule has 0 bridgehead atoms. The third-order valence-electron chi connectivity index (χ3n) is 7.15. The van der Waals surface area contributed by atoms with E-state index in [-0.39, 0.29) is 17.9 Å². The maximum Gasteiger partial charge on any atom is 0.316 e. The minimum absolute atomic E-state index is 0.00366. The number of hydrogen-bond donors (Lipinski definition) is 0. The molecule has 5 heteroatoms. The molecule has 3 atom stereocenters. The van der Waals surface area contributed by atoms with Crippen LogP contribution in [-0.2, 0) is 16.1 Å². The zero-order chi connectivity index (χ0) is 21.0. The predicted octanol–water partition coefficient (Wildman–Crippen LogP) is 4.29. The summed E-state index contributed by atoms with van der Waals surface area (Å²) in [5, 5.41) is 1.27. The van der Waals surface area contributed by atoms with Crippen molar-refractivity contribution in [1.82, 2.24) is 9.47 Å². The maximum atomic E-state index is 13.6. The van der Waals surface area contributed by atoms with Crippen molar-refractivity contribution in [3.05, 3.63) is 65.4 Å². The Labute approximate surface area is 177 Å². The second kappa shape index (κ2) is 6.88. The number of likely N-dealkylation sites (tertiary alicyclic amines) is 1. The minimum atomic E-state index is -0.635. The zero-order valence-electron chi connectivity index (χ0n) is 18.0. The summed E-state index contributed by atoms with van der Waals surface area (Å²) >= 11 is 0. The Kier molecular flexibility index (Phi) is 4.40. The molecule has 2 aromatic carbocycles. The molecule has 5 rings (SSSR count). The zero-order valence-corrected chi connectivity index (χ0v) is 18.0. The Morgan fingerprint density at radius 3 is 2.60 bits per heavy atom. The molecule has 0 saturated carbocycles. The molecule has 0 amide bonds. The summed E-state index contributed by atoms with van der Waals surface area (Å²) in [6.07, 6.45) is 0. The van der Waals surface area contributed by atoms with E-state index in [0.717, 1.165) is 17.9 Å². The number of ether oxygens (including phenoxy) is 2. The number of benzene rings is 2. The molecule has 3 heterocycles. The minimum Gasteiger partial charge on any atom is -0.497 e. The van der Waals surface area contributed by atoms with E-state index in [0.29, 0.717) is 13.2 Å². The number of aryl methyl sites for hydroxylation is 1. The molecule has 5 nitrogen and oxygen atoms in total. The summed E-state index contributed by atoms with van der Waals surface area (Å²) in [6, 6.07) is 16.7. The fourth-order valence-corrected chi connectivity index (χ4v) is 5.89. The van der Waals surface area contributed by atoms with Gasteiger partial charge in [-0.05, 0) is 50.2 Å². The summed E-state index contributed by atoms with van der Waals surface area (Å²) in [5.41, 5.74) is 4.24. The fraction of sp³-hybridized carbons (Fsp3) is 0.400. The number of para-hydroxylation sites is 1. The molecule has 1 saturated heterocycles. The summed E-state index contributed by atoms with van der Waals surface area (Å²) in [6.45, 7) is 5.92. The Balaban J connectivity index is 1.70. The van der Waals surface area contributed by atoms with Gasteiger partial charge >= 0.3 is 5.97 Å². The maximum absolute atomic E-state index is 13.6. The van der Waals surface area contributed by atoms with E-state index in [1.54, 1.807) is 7.11 Å². The lowest BCUT2D eigenvalue weighted by molar-refractivity contribution is -0.157. The van der Waals surface area contributed by atoms with Crippen molar-refractivity contribution in [1.29, 1.82) is 0 Å². The molecule has 0 aliphatic carbocycles. The van der Waals surface area contributed by atoms with Gasteiger partial charge in [-0.3, -0.25) is 9.69 Å². The van der Waals surface area contributed by atoms with Crippen LogP contribution in [0.25, 0.3) is 10.9 Å². The van der Waals surface area contributed by atoms with Crippen LogP contribution in [0.15, 0.2) is 48.5 Å². The summed E-state index contributed by atoms with van der Waals surface area (Å²) in [7, 11) is 3.81. The second-order valence-corrected chi connectivity index (χ2v) is 8.54. The topological polar surface area (TPSA) is 43.7 Å². The van der Waals surface area contributed by atoms with Crippen molar-refractivity contribution in [3.63, 3.8) is 0 Å². The van der Waals surface area contributed by atoms with Crippen LogP contribution in [0.1, 0.15) is 35.7 Å². The molecule has 0 N–H and O–H groups in total. The van der Waals surface area contributed by atoms with E-state index in [1.165, 1.54) is 22.2 Å². The lowest BCUT2D eigenvalue weighted by Crippen LogP contribution is -2.40. The number of nitrogens with zero attached hydrogens (tertiary/aromatic N) is 2. The molecule has 30 heavy (non-hydrogen) atoms. The molecule has 3 aromatic rings. The van der Waals surface area contributed by atoms with Gasteiger partial charge in [0, 0.05) is 35.6 Å². The normalized spacial score (nSPS) is 25.3. The quantitative estimate of drug-likeness (QED) is 0.609. The van der Waals surface area contributed by atoms with E-state index in [1.807, 2.05) is 19.1 Å². The lowest BCUT2D eigenvalue weighted by atomic mass is 9.70. The van der Waals surface area contributed by atoms with Gasteiger partial charge in [0.2, 0.25) is 0 Å². The SMILES string of the molecule is CCOC(=O)C12Cn3c(c(C)c4ccccc43)C1N(C)CC2c1ccc(OC)cc1. The van der Waals surface area contributed by atoms with Crippen LogP contribution in [0, 0.1) is 12.3 Å². The molecule has 1 aromatic heterocycles. The Morgan fingerprint density at radius 1 is 1.17 bits per heavy atom. The van der Waals surface area contributed by atoms with Crippen LogP contribution < -0.4 is 4.74 Å². The van der Waals surface area contributed by atoms with Crippen LogP contribution in [0.5, 0.6) is 5.75 Å². The van der Waals surface area contributed by atoms with Gasteiger partial charge in [-0.25, -0.2) is 0 Å². The highest BCUT2D eigenvalue weighted by Gasteiger charge is 2.64. The highest BCUT2D eigenvalue weighted by molar-refractivity contribution is 5.89. The Hall–Kier alpha value is -2.79. The van der Waals surface area contributed by atoms with E-state index < -0.39 is 5.41 Å². The van der Waals surface area contributed by atoms with Gasteiger partial charge in [-0.1, -0.05) is 30.3 Å². The Bertz CT molecular complexity index is 1120. The number of carbonyl (C=O) groups is 1. The lowest BCUT2D eigenvalue weighted by Gasteiger charge is -2.33. The van der Waals surface area contributed by atoms with Gasteiger partial charge in [0.1, 0.15) is 11.2 Å². The van der Waals surface area contributed by atoms with Crippen molar-refractivity contribution in [2.24, 2.45) is 5.41 Å². The smallest absolute Gasteiger partial charge is 0.316 e. The van der Waals surface area contributed by atoms with Gasteiger partial charge < -0.3 is 14.0 Å². The first kappa shape index (κ1) is 19.2. The van der Waals surface area contributed by atoms with Gasteiger partial charge in [0.05, 0.1) is 19.8 Å². The Morgan fingerprint density at radius 2 is 1.90 bits per heavy atom. The second-order valence-electron chi connectivity index (χ2n) is 8.54. The molecule has 2 aliphatic heterocycles. The highest BCUT2D eigenvalue weighted by Crippen LogP contribution is 2.61. The van der Waals surface area contributed by atoms with Crippen molar-refractivity contribution >= 4 is 16.9 Å². The highest BCUT2D eigenvalue weighted by atomic mass is 16.5. The van der Waals surface area contributed by atoms with Crippen molar-refractivity contribution in [3.8, 4) is 5.75 Å². The molecular weight excluding hydrogens is 376 g/mol. The number of rotatable bonds is 4. The average Bonchev–Trinajstić information content (AvgIpc) is 3.36. The third-order valence-corrected chi connectivity index (χ3v) is 7.15. The van der Waals surface area contributed by atoms with E-state index >= 15 is 0 Å². The molecule has 156 valence electrons. The summed E-state index contributed by atoms with van der Waals surface area (Å²) in [5.74, 6) is 0.786. The number of hydrogen-bond acceptors (Lipinski definition) is 4. The van der Waals surface area contributed by atoms with E-state index in [2.05, 4.69) is 59.8 Å².